The maximum absolute atomic E-state index is 13.1. The number of benzene rings is 2. The zero-order chi connectivity index (χ0) is 14.7. The Bertz CT molecular complexity index is 591. The molecule has 2 atom stereocenters. The first-order chi connectivity index (χ1) is 10.3. The molecule has 0 saturated heterocycles. The van der Waals surface area contributed by atoms with Crippen molar-refractivity contribution in [2.75, 3.05) is 0 Å². The zero-order valence-corrected chi connectivity index (χ0v) is 12.5. The van der Waals surface area contributed by atoms with Crippen LogP contribution >= 0.6 is 0 Å². The van der Waals surface area contributed by atoms with Gasteiger partial charge in [0.25, 0.3) is 0 Å². The van der Waals surface area contributed by atoms with Crippen LogP contribution in [0, 0.1) is 5.82 Å². The predicted molar refractivity (Wildman–Crippen MR) is 84.8 cm³/mol. The van der Waals surface area contributed by atoms with Gasteiger partial charge in [-0.3, -0.25) is 0 Å². The molecule has 2 aromatic rings. The van der Waals surface area contributed by atoms with Crippen molar-refractivity contribution in [3.05, 3.63) is 71.0 Å². The van der Waals surface area contributed by atoms with Crippen LogP contribution in [-0.2, 0) is 12.8 Å². The van der Waals surface area contributed by atoms with E-state index in [0.717, 1.165) is 19.3 Å². The summed E-state index contributed by atoms with van der Waals surface area (Å²) in [6, 6.07) is 16.4. The van der Waals surface area contributed by atoms with Crippen molar-refractivity contribution in [2.45, 2.75) is 44.7 Å². The van der Waals surface area contributed by atoms with E-state index in [0.29, 0.717) is 12.1 Å². The number of nitrogens with one attached hydrogen (secondary N) is 1. The van der Waals surface area contributed by atoms with Crippen LogP contribution in [0.15, 0.2) is 48.5 Å². The number of halogens is 1. The molecule has 2 heteroatoms. The second-order valence-corrected chi connectivity index (χ2v) is 5.89. The van der Waals surface area contributed by atoms with E-state index in [9.17, 15) is 4.39 Å². The van der Waals surface area contributed by atoms with Gasteiger partial charge in [-0.25, -0.2) is 4.39 Å². The lowest BCUT2D eigenvalue weighted by atomic mass is 9.87. The van der Waals surface area contributed by atoms with Crippen molar-refractivity contribution < 1.29 is 4.39 Å². The quantitative estimate of drug-likeness (QED) is 0.875. The fraction of sp³-hybridized carbons (Fsp3) is 0.368. The second-order valence-electron chi connectivity index (χ2n) is 5.89. The summed E-state index contributed by atoms with van der Waals surface area (Å²) >= 11 is 0. The molecule has 1 aliphatic carbocycles. The van der Waals surface area contributed by atoms with E-state index in [1.807, 2.05) is 12.1 Å². The molecule has 0 bridgehead atoms. The Morgan fingerprint density at radius 3 is 2.52 bits per heavy atom. The van der Waals surface area contributed by atoms with Crippen molar-refractivity contribution in [3.63, 3.8) is 0 Å². The monoisotopic (exact) mass is 283 g/mol. The molecule has 0 saturated carbocycles. The van der Waals surface area contributed by atoms with E-state index >= 15 is 0 Å². The van der Waals surface area contributed by atoms with Crippen molar-refractivity contribution in [1.29, 1.82) is 0 Å². The fourth-order valence-electron chi connectivity index (χ4n) is 3.27. The average molecular weight is 283 g/mol. The minimum atomic E-state index is -0.166. The molecule has 0 amide bonds. The highest BCUT2D eigenvalue weighted by molar-refractivity contribution is 5.30. The Kier molecular flexibility index (Phi) is 4.35. The van der Waals surface area contributed by atoms with E-state index in [4.69, 9.17) is 0 Å². The Labute approximate surface area is 126 Å². The van der Waals surface area contributed by atoms with Crippen LogP contribution in [0.2, 0.25) is 0 Å². The largest absolute Gasteiger partial charge is 0.307 e. The third-order valence-corrected chi connectivity index (χ3v) is 4.46. The first-order valence-corrected chi connectivity index (χ1v) is 7.84. The van der Waals surface area contributed by atoms with E-state index in [1.165, 1.54) is 23.1 Å². The highest BCUT2D eigenvalue weighted by atomic mass is 19.1. The van der Waals surface area contributed by atoms with Gasteiger partial charge in [0.15, 0.2) is 0 Å². The molecule has 3 rings (SSSR count). The Morgan fingerprint density at radius 2 is 1.81 bits per heavy atom. The van der Waals surface area contributed by atoms with Crippen LogP contribution < -0.4 is 5.32 Å². The number of hydrogen-bond donors (Lipinski definition) is 1. The third kappa shape index (κ3) is 3.33. The molecule has 0 heterocycles. The SMILES string of the molecule is CCC(NC1CCc2ccccc2C1)c1ccc(F)cc1. The van der Waals surface area contributed by atoms with Gasteiger partial charge < -0.3 is 5.32 Å². The molecule has 0 radical (unpaired) electrons. The lowest BCUT2D eigenvalue weighted by molar-refractivity contribution is 0.391. The van der Waals surface area contributed by atoms with E-state index in [1.54, 1.807) is 12.1 Å². The van der Waals surface area contributed by atoms with Crippen LogP contribution in [0.3, 0.4) is 0 Å². The smallest absolute Gasteiger partial charge is 0.123 e. The summed E-state index contributed by atoms with van der Waals surface area (Å²) in [6.07, 6.45) is 4.43. The van der Waals surface area contributed by atoms with Crippen LogP contribution in [0.25, 0.3) is 0 Å². The molecule has 0 fully saturated rings. The van der Waals surface area contributed by atoms with Gasteiger partial charge in [-0.2, -0.15) is 0 Å². The minimum absolute atomic E-state index is 0.166. The highest BCUT2D eigenvalue weighted by Crippen LogP contribution is 2.24. The molecular formula is C19H22FN. The Hall–Kier alpha value is -1.67. The van der Waals surface area contributed by atoms with Gasteiger partial charge in [0.2, 0.25) is 0 Å². The molecular weight excluding hydrogens is 261 g/mol. The first-order valence-electron chi connectivity index (χ1n) is 7.84. The first kappa shape index (κ1) is 14.3. The van der Waals surface area contributed by atoms with Crippen molar-refractivity contribution >= 4 is 0 Å². The fourth-order valence-corrected chi connectivity index (χ4v) is 3.27. The van der Waals surface area contributed by atoms with Crippen molar-refractivity contribution in [1.82, 2.24) is 5.32 Å². The summed E-state index contributed by atoms with van der Waals surface area (Å²) in [5.41, 5.74) is 4.14. The lowest BCUT2D eigenvalue weighted by Crippen LogP contribution is -2.37. The van der Waals surface area contributed by atoms with Crippen LogP contribution in [0.4, 0.5) is 4.39 Å². The van der Waals surface area contributed by atoms with Crippen LogP contribution in [0.5, 0.6) is 0 Å². The normalized spacial score (nSPS) is 19.0. The number of fused-ring (bicyclic) bond motifs is 1. The van der Waals surface area contributed by atoms with Crippen LogP contribution in [0.1, 0.15) is 42.5 Å². The summed E-state index contributed by atoms with van der Waals surface area (Å²) in [5, 5.41) is 3.76. The van der Waals surface area contributed by atoms with Crippen molar-refractivity contribution in [2.24, 2.45) is 0 Å². The summed E-state index contributed by atoms with van der Waals surface area (Å²) in [7, 11) is 0. The summed E-state index contributed by atoms with van der Waals surface area (Å²) < 4.78 is 13.1. The van der Waals surface area contributed by atoms with Crippen LogP contribution in [-0.4, -0.2) is 6.04 Å². The van der Waals surface area contributed by atoms with Gasteiger partial charge in [0.05, 0.1) is 0 Å². The molecule has 2 aromatic carbocycles. The van der Waals surface area contributed by atoms with Crippen molar-refractivity contribution in [3.8, 4) is 0 Å². The maximum Gasteiger partial charge on any atom is 0.123 e. The minimum Gasteiger partial charge on any atom is -0.307 e. The molecule has 110 valence electrons. The summed E-state index contributed by atoms with van der Waals surface area (Å²) in [6.45, 7) is 2.18. The maximum atomic E-state index is 13.1. The predicted octanol–water partition coefficient (Wildman–Crippen LogP) is 4.42. The molecule has 2 unspecified atom stereocenters. The average Bonchev–Trinajstić information content (AvgIpc) is 2.53. The standard InChI is InChI=1S/C19H22FN/c1-2-19(15-7-10-17(20)11-8-15)21-18-12-9-14-5-3-4-6-16(14)13-18/h3-8,10-11,18-19,21H,2,9,12-13H2,1H3. The van der Waals surface area contributed by atoms with Gasteiger partial charge in [-0.05, 0) is 54.5 Å². The molecule has 0 aromatic heterocycles. The molecule has 1 nitrogen and oxygen atoms in total. The van der Waals surface area contributed by atoms with Gasteiger partial charge >= 0.3 is 0 Å². The number of aryl methyl sites for hydroxylation is 1. The Balaban J connectivity index is 1.69. The second kappa shape index (κ2) is 6.40. The summed E-state index contributed by atoms with van der Waals surface area (Å²) in [5.74, 6) is -0.166. The lowest BCUT2D eigenvalue weighted by Gasteiger charge is -2.29. The van der Waals surface area contributed by atoms with Gasteiger partial charge in [0, 0.05) is 12.1 Å². The number of hydrogen-bond acceptors (Lipinski definition) is 1. The molecule has 1 N–H and O–H groups in total. The van der Waals surface area contributed by atoms with Gasteiger partial charge in [-0.15, -0.1) is 0 Å². The molecule has 0 spiro atoms. The summed E-state index contributed by atoms with van der Waals surface area (Å²) in [4.78, 5) is 0. The topological polar surface area (TPSA) is 12.0 Å². The van der Waals surface area contributed by atoms with Gasteiger partial charge in [0.1, 0.15) is 5.82 Å². The van der Waals surface area contributed by atoms with E-state index in [2.05, 4.69) is 36.5 Å². The highest BCUT2D eigenvalue weighted by Gasteiger charge is 2.21. The van der Waals surface area contributed by atoms with E-state index in [-0.39, 0.29) is 5.82 Å². The third-order valence-electron chi connectivity index (χ3n) is 4.46. The van der Waals surface area contributed by atoms with E-state index < -0.39 is 0 Å². The molecule has 0 aliphatic heterocycles. The van der Waals surface area contributed by atoms with Gasteiger partial charge in [-0.1, -0.05) is 43.3 Å². The molecule has 1 aliphatic rings. The zero-order valence-electron chi connectivity index (χ0n) is 12.5. The number of rotatable bonds is 4. The molecule has 21 heavy (non-hydrogen) atoms. The Morgan fingerprint density at radius 1 is 1.10 bits per heavy atom.